The largest absolute Gasteiger partial charge is 0.330 e. The maximum atomic E-state index is 11.9. The summed E-state index contributed by atoms with van der Waals surface area (Å²) in [6.07, 6.45) is 1.64. The fourth-order valence-electron chi connectivity index (χ4n) is 1.32. The molecule has 0 heterocycles. The first kappa shape index (κ1) is 14.9. The van der Waals surface area contributed by atoms with Crippen molar-refractivity contribution < 1.29 is 8.42 Å². The molecule has 0 aliphatic rings. The first-order valence-electron chi connectivity index (χ1n) is 5.65. The Balaban J connectivity index is 4.37. The van der Waals surface area contributed by atoms with Gasteiger partial charge >= 0.3 is 0 Å². The average molecular weight is 236 g/mol. The third-order valence-corrected chi connectivity index (χ3v) is 4.42. The Hall–Kier alpha value is -0.130. The van der Waals surface area contributed by atoms with Crippen LogP contribution in [0.4, 0.5) is 0 Å². The Labute approximate surface area is 93.9 Å². The van der Waals surface area contributed by atoms with Crippen molar-refractivity contribution in [2.75, 3.05) is 25.4 Å². The highest BCUT2D eigenvalue weighted by Crippen LogP contribution is 2.07. The lowest BCUT2D eigenvalue weighted by Gasteiger charge is -2.23. The predicted octanol–water partition coefficient (Wildman–Crippen LogP) is 1.03. The molecule has 92 valence electrons. The van der Waals surface area contributed by atoms with Crippen LogP contribution < -0.4 is 5.73 Å². The summed E-state index contributed by atoms with van der Waals surface area (Å²) in [6, 6.07) is 0. The minimum Gasteiger partial charge on any atom is -0.330 e. The van der Waals surface area contributed by atoms with E-state index in [-0.39, 0.29) is 11.7 Å². The van der Waals surface area contributed by atoms with E-state index < -0.39 is 10.0 Å². The predicted molar refractivity (Wildman–Crippen MR) is 64.2 cm³/mol. The number of hydrogen-bond donors (Lipinski definition) is 1. The van der Waals surface area contributed by atoms with Gasteiger partial charge in [-0.2, -0.15) is 0 Å². The highest BCUT2D eigenvalue weighted by atomic mass is 32.2. The minimum atomic E-state index is -3.06. The second kappa shape index (κ2) is 7.19. The highest BCUT2D eigenvalue weighted by molar-refractivity contribution is 7.89. The summed E-state index contributed by atoms with van der Waals surface area (Å²) in [5.41, 5.74) is 5.50. The number of nitrogens with two attached hydrogens (primary N) is 1. The summed E-state index contributed by atoms with van der Waals surface area (Å²) in [4.78, 5) is 0. The molecule has 0 rings (SSSR count). The fraction of sp³-hybridized carbons (Fsp3) is 1.00. The van der Waals surface area contributed by atoms with Crippen LogP contribution in [0, 0.1) is 5.92 Å². The van der Waals surface area contributed by atoms with Gasteiger partial charge in [0.2, 0.25) is 10.0 Å². The van der Waals surface area contributed by atoms with E-state index in [2.05, 4.69) is 0 Å². The summed E-state index contributed by atoms with van der Waals surface area (Å²) in [5, 5.41) is 0. The third-order valence-electron chi connectivity index (χ3n) is 2.42. The van der Waals surface area contributed by atoms with Crippen LogP contribution in [-0.4, -0.2) is 38.1 Å². The lowest BCUT2D eigenvalue weighted by atomic mass is 10.2. The summed E-state index contributed by atoms with van der Waals surface area (Å²) in [5.74, 6) is 0.482. The van der Waals surface area contributed by atoms with Gasteiger partial charge in [-0.3, -0.25) is 0 Å². The van der Waals surface area contributed by atoms with E-state index in [0.29, 0.717) is 19.6 Å². The Bertz CT molecular complexity index is 252. The average Bonchev–Trinajstić information content (AvgIpc) is 2.22. The Kier molecular flexibility index (Phi) is 7.13. The zero-order chi connectivity index (χ0) is 11.9. The molecular formula is C10H24N2O2S. The van der Waals surface area contributed by atoms with Crippen molar-refractivity contribution in [3.63, 3.8) is 0 Å². The monoisotopic (exact) mass is 236 g/mol. The standard InChI is InChI=1S/C10H24N2O2S/c1-4-6-7-15(13,14)12(5-2)9-10(3)8-11/h10H,4-9,11H2,1-3H3. The smallest absolute Gasteiger partial charge is 0.214 e. The molecular weight excluding hydrogens is 212 g/mol. The normalized spacial score (nSPS) is 14.5. The number of unbranched alkanes of at least 4 members (excludes halogenated alkanes) is 1. The molecule has 2 N–H and O–H groups in total. The van der Waals surface area contributed by atoms with Crippen molar-refractivity contribution in [3.8, 4) is 0 Å². The van der Waals surface area contributed by atoms with E-state index in [1.165, 1.54) is 0 Å². The lowest BCUT2D eigenvalue weighted by molar-refractivity contribution is 0.370. The molecule has 0 aliphatic heterocycles. The number of hydrogen-bond acceptors (Lipinski definition) is 3. The second-order valence-corrected chi connectivity index (χ2v) is 6.05. The van der Waals surface area contributed by atoms with Crippen molar-refractivity contribution in [2.24, 2.45) is 11.7 Å². The summed E-state index contributed by atoms with van der Waals surface area (Å²) in [7, 11) is -3.06. The van der Waals surface area contributed by atoms with Crippen LogP contribution in [0.5, 0.6) is 0 Å². The topological polar surface area (TPSA) is 63.4 Å². The van der Waals surface area contributed by atoms with Gasteiger partial charge in [0.15, 0.2) is 0 Å². The first-order valence-corrected chi connectivity index (χ1v) is 7.26. The molecule has 0 radical (unpaired) electrons. The zero-order valence-corrected chi connectivity index (χ0v) is 10.9. The van der Waals surface area contributed by atoms with Crippen LogP contribution >= 0.6 is 0 Å². The number of nitrogens with zero attached hydrogens (tertiary/aromatic N) is 1. The molecule has 0 amide bonds. The van der Waals surface area contributed by atoms with Gasteiger partial charge in [0.1, 0.15) is 0 Å². The van der Waals surface area contributed by atoms with E-state index in [1.54, 1.807) is 4.31 Å². The molecule has 0 aromatic rings. The van der Waals surface area contributed by atoms with Crippen LogP contribution in [0.3, 0.4) is 0 Å². The molecule has 1 atom stereocenters. The molecule has 5 heteroatoms. The Morgan fingerprint density at radius 2 is 1.93 bits per heavy atom. The van der Waals surface area contributed by atoms with E-state index in [9.17, 15) is 8.42 Å². The molecule has 0 aromatic heterocycles. The van der Waals surface area contributed by atoms with Crippen molar-refractivity contribution in [1.82, 2.24) is 4.31 Å². The molecule has 0 aliphatic carbocycles. The van der Waals surface area contributed by atoms with Gasteiger partial charge in [-0.25, -0.2) is 12.7 Å². The molecule has 4 nitrogen and oxygen atoms in total. The van der Waals surface area contributed by atoms with Gasteiger partial charge in [-0.05, 0) is 18.9 Å². The van der Waals surface area contributed by atoms with E-state index >= 15 is 0 Å². The highest BCUT2D eigenvalue weighted by Gasteiger charge is 2.20. The van der Waals surface area contributed by atoms with Crippen LogP contribution in [-0.2, 0) is 10.0 Å². The van der Waals surface area contributed by atoms with Gasteiger partial charge in [-0.15, -0.1) is 0 Å². The van der Waals surface area contributed by atoms with Crippen molar-refractivity contribution >= 4 is 10.0 Å². The molecule has 0 aromatic carbocycles. The number of sulfonamides is 1. The molecule has 0 bridgehead atoms. The van der Waals surface area contributed by atoms with Gasteiger partial charge in [0.05, 0.1) is 5.75 Å². The summed E-state index contributed by atoms with van der Waals surface area (Å²) < 4.78 is 25.3. The van der Waals surface area contributed by atoms with Crippen LogP contribution in [0.15, 0.2) is 0 Å². The van der Waals surface area contributed by atoms with Crippen molar-refractivity contribution in [3.05, 3.63) is 0 Å². The van der Waals surface area contributed by atoms with Crippen LogP contribution in [0.25, 0.3) is 0 Å². The summed E-state index contributed by atoms with van der Waals surface area (Å²) >= 11 is 0. The molecule has 0 spiro atoms. The minimum absolute atomic E-state index is 0.223. The van der Waals surface area contributed by atoms with E-state index in [1.807, 2.05) is 20.8 Å². The van der Waals surface area contributed by atoms with Crippen LogP contribution in [0.2, 0.25) is 0 Å². The fourth-order valence-corrected chi connectivity index (χ4v) is 3.10. The van der Waals surface area contributed by atoms with Crippen molar-refractivity contribution in [2.45, 2.75) is 33.6 Å². The van der Waals surface area contributed by atoms with Gasteiger partial charge in [-0.1, -0.05) is 27.2 Å². The Morgan fingerprint density at radius 1 is 1.33 bits per heavy atom. The lowest BCUT2D eigenvalue weighted by Crippen LogP contribution is -2.37. The molecule has 1 unspecified atom stereocenters. The SMILES string of the molecule is CCCCS(=O)(=O)N(CC)CC(C)CN. The molecule has 0 saturated carbocycles. The van der Waals surface area contributed by atoms with Gasteiger partial charge < -0.3 is 5.73 Å². The zero-order valence-electron chi connectivity index (χ0n) is 10.1. The van der Waals surface area contributed by atoms with E-state index in [0.717, 1.165) is 12.8 Å². The molecule has 0 fully saturated rings. The summed E-state index contributed by atoms with van der Waals surface area (Å²) in [6.45, 7) is 7.44. The maximum absolute atomic E-state index is 11.9. The van der Waals surface area contributed by atoms with Crippen LogP contribution in [0.1, 0.15) is 33.6 Å². The second-order valence-electron chi connectivity index (χ2n) is 3.96. The van der Waals surface area contributed by atoms with E-state index in [4.69, 9.17) is 5.73 Å². The molecule has 0 saturated heterocycles. The first-order chi connectivity index (χ1) is 6.97. The molecule has 15 heavy (non-hydrogen) atoms. The van der Waals surface area contributed by atoms with Crippen molar-refractivity contribution in [1.29, 1.82) is 0 Å². The number of rotatable bonds is 8. The maximum Gasteiger partial charge on any atom is 0.214 e. The quantitative estimate of drug-likeness (QED) is 0.684. The third kappa shape index (κ3) is 5.49. The van der Waals surface area contributed by atoms with Gasteiger partial charge in [0.25, 0.3) is 0 Å². The van der Waals surface area contributed by atoms with Gasteiger partial charge in [0, 0.05) is 13.1 Å². The Morgan fingerprint density at radius 3 is 2.33 bits per heavy atom.